The van der Waals surface area contributed by atoms with Crippen LogP contribution in [0.1, 0.15) is 26.0 Å². The van der Waals surface area contributed by atoms with Gasteiger partial charge in [0.15, 0.2) is 0 Å². The highest BCUT2D eigenvalue weighted by Gasteiger charge is 2.08. The Bertz CT molecular complexity index is 262. The summed E-state index contributed by atoms with van der Waals surface area (Å²) in [4.78, 5) is 4.26. The van der Waals surface area contributed by atoms with Crippen molar-refractivity contribution in [2.45, 2.75) is 32.9 Å². The first-order valence-corrected chi connectivity index (χ1v) is 5.95. The van der Waals surface area contributed by atoms with Crippen LogP contribution in [-0.4, -0.2) is 16.9 Å². The lowest BCUT2D eigenvalue weighted by atomic mass is 10.1. The molecule has 2 nitrogen and oxygen atoms in total. The van der Waals surface area contributed by atoms with Gasteiger partial charge in [0, 0.05) is 24.7 Å². The molecule has 1 rings (SSSR count). The first-order valence-electron chi connectivity index (χ1n) is 5.41. The first-order chi connectivity index (χ1) is 7.22. The largest absolute Gasteiger partial charge is 0.307 e. The fourth-order valence-electron chi connectivity index (χ4n) is 1.52. The normalized spacial score (nSPS) is 13.1. The van der Waals surface area contributed by atoms with Crippen LogP contribution in [0.25, 0.3) is 0 Å². The van der Waals surface area contributed by atoms with Gasteiger partial charge in [0.05, 0.1) is 5.69 Å². The topological polar surface area (TPSA) is 24.9 Å². The maximum Gasteiger partial charge on any atom is 0.0541 e. The van der Waals surface area contributed by atoms with Crippen molar-refractivity contribution in [3.05, 3.63) is 30.1 Å². The van der Waals surface area contributed by atoms with Gasteiger partial charge in [-0.05, 0) is 24.5 Å². The van der Waals surface area contributed by atoms with Crippen LogP contribution in [0.3, 0.4) is 0 Å². The molecular weight excluding hydrogens is 208 g/mol. The Hall–Kier alpha value is -0.600. The molecule has 0 aromatic carbocycles. The third-order valence-corrected chi connectivity index (χ3v) is 2.61. The van der Waals surface area contributed by atoms with Crippen LogP contribution in [0.15, 0.2) is 24.4 Å². The molecule has 3 heteroatoms. The van der Waals surface area contributed by atoms with E-state index >= 15 is 0 Å². The monoisotopic (exact) mass is 226 g/mol. The van der Waals surface area contributed by atoms with Gasteiger partial charge in [-0.15, -0.1) is 11.6 Å². The molecule has 0 bridgehead atoms. The van der Waals surface area contributed by atoms with Gasteiger partial charge >= 0.3 is 0 Å². The zero-order valence-corrected chi connectivity index (χ0v) is 10.2. The summed E-state index contributed by atoms with van der Waals surface area (Å²) in [5.74, 6) is 1.33. The molecule has 1 N–H and O–H groups in total. The lowest BCUT2D eigenvalue weighted by molar-refractivity contribution is 0.443. The van der Waals surface area contributed by atoms with Crippen LogP contribution in [0.2, 0.25) is 0 Å². The fourth-order valence-corrected chi connectivity index (χ4v) is 1.76. The summed E-state index contributed by atoms with van der Waals surface area (Å²) >= 11 is 5.89. The molecule has 1 atom stereocenters. The predicted molar refractivity (Wildman–Crippen MR) is 65.0 cm³/mol. The maximum atomic E-state index is 5.89. The number of aromatic nitrogens is 1. The highest BCUT2D eigenvalue weighted by Crippen LogP contribution is 2.06. The van der Waals surface area contributed by atoms with E-state index in [4.69, 9.17) is 11.6 Å². The molecule has 84 valence electrons. The maximum absolute atomic E-state index is 5.89. The summed E-state index contributed by atoms with van der Waals surface area (Å²) in [6.45, 7) is 5.22. The molecule has 1 aromatic heterocycles. The van der Waals surface area contributed by atoms with Gasteiger partial charge in [0.1, 0.15) is 0 Å². The van der Waals surface area contributed by atoms with Crippen molar-refractivity contribution in [2.75, 3.05) is 5.88 Å². The lowest BCUT2D eigenvalue weighted by Crippen LogP contribution is -2.31. The molecular formula is C12H19ClN2. The number of halogens is 1. The van der Waals surface area contributed by atoms with Crippen molar-refractivity contribution in [3.63, 3.8) is 0 Å². The minimum Gasteiger partial charge on any atom is -0.307 e. The molecule has 1 heterocycles. The van der Waals surface area contributed by atoms with Gasteiger partial charge in [0.2, 0.25) is 0 Å². The molecule has 0 aliphatic rings. The van der Waals surface area contributed by atoms with E-state index in [2.05, 4.69) is 24.1 Å². The SMILES string of the molecule is CC(C)CC(CCl)NCc1ccccn1. The second-order valence-electron chi connectivity index (χ2n) is 4.18. The van der Waals surface area contributed by atoms with Crippen molar-refractivity contribution >= 4 is 11.6 Å². The minimum atomic E-state index is 0.383. The second-order valence-corrected chi connectivity index (χ2v) is 4.49. The van der Waals surface area contributed by atoms with Gasteiger partial charge in [-0.25, -0.2) is 0 Å². The minimum absolute atomic E-state index is 0.383. The van der Waals surface area contributed by atoms with Gasteiger partial charge in [-0.3, -0.25) is 4.98 Å². The molecule has 0 amide bonds. The van der Waals surface area contributed by atoms with E-state index in [1.54, 1.807) is 0 Å². The van der Waals surface area contributed by atoms with E-state index < -0.39 is 0 Å². The molecule has 0 aliphatic carbocycles. The highest BCUT2D eigenvalue weighted by molar-refractivity contribution is 6.18. The molecule has 0 aliphatic heterocycles. The Labute approximate surface area is 97.1 Å². The lowest BCUT2D eigenvalue weighted by Gasteiger charge is -2.17. The van der Waals surface area contributed by atoms with E-state index in [0.29, 0.717) is 17.8 Å². The Kier molecular flexibility index (Phi) is 5.66. The number of hydrogen-bond donors (Lipinski definition) is 1. The molecule has 1 unspecified atom stereocenters. The van der Waals surface area contributed by atoms with E-state index in [0.717, 1.165) is 18.7 Å². The molecule has 0 saturated heterocycles. The third-order valence-electron chi connectivity index (χ3n) is 2.24. The van der Waals surface area contributed by atoms with Crippen LogP contribution in [0.4, 0.5) is 0 Å². The average Bonchev–Trinajstić information content (AvgIpc) is 2.25. The van der Waals surface area contributed by atoms with Crippen LogP contribution in [-0.2, 0) is 6.54 Å². The Morgan fingerprint density at radius 1 is 1.40 bits per heavy atom. The molecule has 0 spiro atoms. The number of nitrogens with one attached hydrogen (secondary N) is 1. The van der Waals surface area contributed by atoms with Crippen LogP contribution in [0, 0.1) is 5.92 Å². The zero-order chi connectivity index (χ0) is 11.1. The van der Waals surface area contributed by atoms with Crippen molar-refractivity contribution in [3.8, 4) is 0 Å². The fraction of sp³-hybridized carbons (Fsp3) is 0.583. The van der Waals surface area contributed by atoms with Crippen molar-refractivity contribution in [2.24, 2.45) is 5.92 Å². The van der Waals surface area contributed by atoms with E-state index in [1.165, 1.54) is 0 Å². The number of nitrogens with zero attached hydrogens (tertiary/aromatic N) is 1. The number of hydrogen-bond acceptors (Lipinski definition) is 2. The Morgan fingerprint density at radius 2 is 2.20 bits per heavy atom. The van der Waals surface area contributed by atoms with Gasteiger partial charge in [-0.2, -0.15) is 0 Å². The van der Waals surface area contributed by atoms with Crippen LogP contribution < -0.4 is 5.32 Å². The molecule has 0 fully saturated rings. The smallest absolute Gasteiger partial charge is 0.0541 e. The van der Waals surface area contributed by atoms with E-state index in [-0.39, 0.29) is 0 Å². The molecule has 15 heavy (non-hydrogen) atoms. The Morgan fingerprint density at radius 3 is 2.73 bits per heavy atom. The zero-order valence-electron chi connectivity index (χ0n) is 9.41. The van der Waals surface area contributed by atoms with Crippen LogP contribution >= 0.6 is 11.6 Å². The molecule has 0 saturated carbocycles. The summed E-state index contributed by atoms with van der Waals surface area (Å²) in [7, 11) is 0. The van der Waals surface area contributed by atoms with Crippen molar-refractivity contribution in [1.82, 2.24) is 10.3 Å². The second kappa shape index (κ2) is 6.81. The number of rotatable bonds is 6. The quantitative estimate of drug-likeness (QED) is 0.755. The summed E-state index contributed by atoms with van der Waals surface area (Å²) in [6, 6.07) is 6.33. The average molecular weight is 227 g/mol. The third kappa shape index (κ3) is 5.14. The van der Waals surface area contributed by atoms with Gasteiger partial charge in [-0.1, -0.05) is 19.9 Å². The van der Waals surface area contributed by atoms with Crippen molar-refractivity contribution < 1.29 is 0 Å². The van der Waals surface area contributed by atoms with Crippen LogP contribution in [0.5, 0.6) is 0 Å². The van der Waals surface area contributed by atoms with Crippen molar-refractivity contribution in [1.29, 1.82) is 0 Å². The Balaban J connectivity index is 2.34. The van der Waals surface area contributed by atoms with E-state index in [9.17, 15) is 0 Å². The van der Waals surface area contributed by atoms with E-state index in [1.807, 2.05) is 24.4 Å². The summed E-state index contributed by atoms with van der Waals surface area (Å²) in [5.41, 5.74) is 1.07. The highest BCUT2D eigenvalue weighted by atomic mass is 35.5. The summed E-state index contributed by atoms with van der Waals surface area (Å²) in [6.07, 6.45) is 2.92. The summed E-state index contributed by atoms with van der Waals surface area (Å²) < 4.78 is 0. The van der Waals surface area contributed by atoms with Gasteiger partial charge in [0.25, 0.3) is 0 Å². The number of alkyl halides is 1. The standard InChI is InChI=1S/C12H19ClN2/c1-10(2)7-12(8-13)15-9-11-5-3-4-6-14-11/h3-6,10,12,15H,7-9H2,1-2H3. The molecule has 0 radical (unpaired) electrons. The number of pyridine rings is 1. The predicted octanol–water partition coefficient (Wildman–Crippen LogP) is 2.82. The van der Waals surface area contributed by atoms with Gasteiger partial charge < -0.3 is 5.32 Å². The molecule has 1 aromatic rings. The summed E-state index contributed by atoms with van der Waals surface area (Å²) in [5, 5.41) is 3.42. The first kappa shape index (κ1) is 12.5.